The smallest absolute Gasteiger partial charge is 0.266 e. The van der Waals surface area contributed by atoms with Crippen LogP contribution < -0.4 is 14.8 Å². The van der Waals surface area contributed by atoms with Crippen LogP contribution in [0.15, 0.2) is 73.3 Å². The van der Waals surface area contributed by atoms with E-state index in [2.05, 4.69) is 18.5 Å². The van der Waals surface area contributed by atoms with Crippen LogP contribution in [0.4, 0.5) is 5.69 Å². The molecule has 1 amide bonds. The summed E-state index contributed by atoms with van der Waals surface area (Å²) in [5.41, 5.74) is 2.09. The third-order valence-corrected chi connectivity index (χ3v) is 3.79. The zero-order valence-electron chi connectivity index (χ0n) is 15.8. The van der Waals surface area contributed by atoms with Crippen molar-refractivity contribution < 1.29 is 14.3 Å². The molecule has 0 heterocycles. The highest BCUT2D eigenvalue weighted by Crippen LogP contribution is 2.34. The molecule has 0 unspecified atom stereocenters. The van der Waals surface area contributed by atoms with Crippen molar-refractivity contribution in [1.82, 2.24) is 0 Å². The zero-order valence-corrected chi connectivity index (χ0v) is 15.8. The molecule has 2 rings (SSSR count). The van der Waals surface area contributed by atoms with Gasteiger partial charge in [-0.3, -0.25) is 4.79 Å². The number of nitrogens with one attached hydrogen (secondary N) is 1. The Hall–Kier alpha value is -3.78. The summed E-state index contributed by atoms with van der Waals surface area (Å²) in [6, 6.07) is 14.5. The normalized spacial score (nSPS) is 10.5. The number of carbonyl (C=O) groups excluding carboxylic acids is 1. The number of rotatable bonds is 9. The van der Waals surface area contributed by atoms with Crippen LogP contribution in [0.3, 0.4) is 0 Å². The van der Waals surface area contributed by atoms with Gasteiger partial charge in [-0.25, -0.2) is 0 Å². The van der Waals surface area contributed by atoms with E-state index in [0.29, 0.717) is 35.8 Å². The number of hydrogen-bond acceptors (Lipinski definition) is 4. The minimum atomic E-state index is -0.482. The van der Waals surface area contributed by atoms with Crippen molar-refractivity contribution in [2.45, 2.75) is 6.42 Å². The number of methoxy groups -OCH3 is 1. The third kappa shape index (κ3) is 5.36. The Morgan fingerprint density at radius 2 is 1.96 bits per heavy atom. The number of hydrogen-bond donors (Lipinski definition) is 1. The van der Waals surface area contributed by atoms with E-state index in [4.69, 9.17) is 9.47 Å². The van der Waals surface area contributed by atoms with Crippen molar-refractivity contribution in [3.05, 3.63) is 84.5 Å². The van der Waals surface area contributed by atoms with E-state index in [9.17, 15) is 10.1 Å². The van der Waals surface area contributed by atoms with Gasteiger partial charge in [-0.1, -0.05) is 36.9 Å². The lowest BCUT2D eigenvalue weighted by Gasteiger charge is -2.15. The summed E-state index contributed by atoms with van der Waals surface area (Å²) < 4.78 is 11.2. The average molecular weight is 374 g/mol. The maximum absolute atomic E-state index is 12.4. The number of ether oxygens (including phenoxy) is 2. The molecular weight excluding hydrogens is 352 g/mol. The fourth-order valence-corrected chi connectivity index (χ4v) is 2.57. The van der Waals surface area contributed by atoms with E-state index >= 15 is 0 Å². The SMILES string of the molecule is C=CCOc1c(CC=C)cc(/C=C(\C#N)C(=O)Nc2ccccc2)cc1OC. The second-order valence-corrected chi connectivity index (χ2v) is 5.79. The average Bonchev–Trinajstić information content (AvgIpc) is 2.71. The van der Waals surface area contributed by atoms with Gasteiger partial charge >= 0.3 is 0 Å². The standard InChI is InChI=1S/C23H22N2O3/c1-4-9-18-13-17(15-21(27-3)22(18)28-12-5-2)14-19(16-24)23(26)25-20-10-7-6-8-11-20/h4-8,10-11,13-15H,1-2,9,12H2,3H3,(H,25,26)/b19-14+. The predicted molar refractivity (Wildman–Crippen MR) is 111 cm³/mol. The second-order valence-electron chi connectivity index (χ2n) is 5.79. The van der Waals surface area contributed by atoms with Gasteiger partial charge in [0.1, 0.15) is 18.2 Å². The molecule has 0 saturated carbocycles. The molecule has 0 spiro atoms. The van der Waals surface area contributed by atoms with Crippen LogP contribution in [0.1, 0.15) is 11.1 Å². The topological polar surface area (TPSA) is 71.3 Å². The van der Waals surface area contributed by atoms with Crippen molar-refractivity contribution in [2.75, 3.05) is 19.0 Å². The molecule has 0 aromatic heterocycles. The summed E-state index contributed by atoms with van der Waals surface area (Å²) in [6.45, 7) is 7.75. The monoisotopic (exact) mass is 374 g/mol. The van der Waals surface area contributed by atoms with E-state index in [1.807, 2.05) is 18.2 Å². The molecule has 5 nitrogen and oxygen atoms in total. The lowest BCUT2D eigenvalue weighted by Crippen LogP contribution is -2.13. The van der Waals surface area contributed by atoms with Crippen molar-refractivity contribution >= 4 is 17.7 Å². The Balaban J connectivity index is 2.39. The molecule has 142 valence electrons. The molecule has 5 heteroatoms. The van der Waals surface area contributed by atoms with E-state index in [1.165, 1.54) is 13.2 Å². The zero-order chi connectivity index (χ0) is 20.4. The van der Waals surface area contributed by atoms with Gasteiger partial charge in [0.2, 0.25) is 0 Å². The maximum atomic E-state index is 12.4. The molecule has 0 aliphatic carbocycles. The highest BCUT2D eigenvalue weighted by Gasteiger charge is 2.14. The summed E-state index contributed by atoms with van der Waals surface area (Å²) in [5, 5.41) is 12.2. The largest absolute Gasteiger partial charge is 0.493 e. The maximum Gasteiger partial charge on any atom is 0.266 e. The molecular formula is C23H22N2O3. The predicted octanol–water partition coefficient (Wildman–Crippen LogP) is 4.53. The van der Waals surface area contributed by atoms with Crippen LogP contribution in [0.5, 0.6) is 11.5 Å². The molecule has 0 fully saturated rings. The number of para-hydroxylation sites is 1. The second kappa shape index (κ2) is 10.4. The third-order valence-electron chi connectivity index (χ3n) is 3.79. The number of carbonyl (C=O) groups is 1. The number of benzene rings is 2. The summed E-state index contributed by atoms with van der Waals surface area (Å²) >= 11 is 0. The number of allylic oxidation sites excluding steroid dienone is 1. The number of amides is 1. The van der Waals surface area contributed by atoms with Crippen LogP contribution in [0, 0.1) is 11.3 Å². The van der Waals surface area contributed by atoms with Crippen LogP contribution in [0.25, 0.3) is 6.08 Å². The Labute approximate surface area is 165 Å². The molecule has 0 atom stereocenters. The van der Waals surface area contributed by atoms with Crippen LogP contribution in [0.2, 0.25) is 0 Å². The first-order valence-corrected chi connectivity index (χ1v) is 8.66. The van der Waals surface area contributed by atoms with Crippen molar-refractivity contribution in [1.29, 1.82) is 5.26 Å². The molecule has 2 aromatic carbocycles. The molecule has 0 radical (unpaired) electrons. The summed E-state index contributed by atoms with van der Waals surface area (Å²) in [6.07, 6.45) is 5.45. The highest BCUT2D eigenvalue weighted by molar-refractivity contribution is 6.09. The molecule has 28 heavy (non-hydrogen) atoms. The number of nitriles is 1. The first kappa shape index (κ1) is 20.5. The summed E-state index contributed by atoms with van der Waals surface area (Å²) in [7, 11) is 1.54. The van der Waals surface area contributed by atoms with Crippen LogP contribution in [-0.4, -0.2) is 19.6 Å². The fourth-order valence-electron chi connectivity index (χ4n) is 2.57. The van der Waals surface area contributed by atoms with E-state index < -0.39 is 5.91 Å². The van der Waals surface area contributed by atoms with Gasteiger partial charge in [0, 0.05) is 11.3 Å². The molecule has 0 bridgehead atoms. The van der Waals surface area contributed by atoms with Gasteiger partial charge in [-0.05, 0) is 42.3 Å². The van der Waals surface area contributed by atoms with Gasteiger partial charge in [0.15, 0.2) is 11.5 Å². The molecule has 0 saturated heterocycles. The van der Waals surface area contributed by atoms with Gasteiger partial charge < -0.3 is 14.8 Å². The Bertz CT molecular complexity index is 925. The fraction of sp³-hybridized carbons (Fsp3) is 0.130. The van der Waals surface area contributed by atoms with Gasteiger partial charge in [0.25, 0.3) is 5.91 Å². The van der Waals surface area contributed by atoms with E-state index in [-0.39, 0.29) is 5.57 Å². The summed E-state index contributed by atoms with van der Waals surface area (Å²) in [5.74, 6) is 0.616. The minimum absolute atomic E-state index is 0.0183. The molecule has 1 N–H and O–H groups in total. The van der Waals surface area contributed by atoms with Crippen molar-refractivity contribution in [2.24, 2.45) is 0 Å². The Morgan fingerprint density at radius 1 is 1.21 bits per heavy atom. The first-order chi connectivity index (χ1) is 13.6. The van der Waals surface area contributed by atoms with Crippen molar-refractivity contribution in [3.8, 4) is 17.6 Å². The molecule has 2 aromatic rings. The first-order valence-electron chi connectivity index (χ1n) is 8.66. The van der Waals surface area contributed by atoms with Crippen molar-refractivity contribution in [3.63, 3.8) is 0 Å². The Kier molecular flexibility index (Phi) is 7.62. The minimum Gasteiger partial charge on any atom is -0.493 e. The van der Waals surface area contributed by atoms with Crippen LogP contribution >= 0.6 is 0 Å². The van der Waals surface area contributed by atoms with E-state index in [0.717, 1.165) is 5.56 Å². The Morgan fingerprint density at radius 3 is 2.57 bits per heavy atom. The lowest BCUT2D eigenvalue weighted by molar-refractivity contribution is -0.112. The van der Waals surface area contributed by atoms with Gasteiger partial charge in [-0.2, -0.15) is 5.26 Å². The highest BCUT2D eigenvalue weighted by atomic mass is 16.5. The molecule has 0 aliphatic rings. The quantitative estimate of drug-likeness (QED) is 0.397. The van der Waals surface area contributed by atoms with Gasteiger partial charge in [0.05, 0.1) is 7.11 Å². The van der Waals surface area contributed by atoms with E-state index in [1.54, 1.807) is 42.5 Å². The number of nitrogens with zero attached hydrogens (tertiary/aromatic N) is 1. The molecule has 0 aliphatic heterocycles. The lowest BCUT2D eigenvalue weighted by atomic mass is 10.0. The number of anilines is 1. The summed E-state index contributed by atoms with van der Waals surface area (Å²) in [4.78, 5) is 12.4. The van der Waals surface area contributed by atoms with Crippen LogP contribution in [-0.2, 0) is 11.2 Å². The van der Waals surface area contributed by atoms with Gasteiger partial charge in [-0.15, -0.1) is 6.58 Å².